The van der Waals surface area contributed by atoms with Crippen LogP contribution < -0.4 is 57.5 Å². The summed E-state index contributed by atoms with van der Waals surface area (Å²) in [6, 6.07) is 0. The second-order valence-corrected chi connectivity index (χ2v) is 0.274. The van der Waals surface area contributed by atoms with Crippen molar-refractivity contribution in [2.24, 2.45) is 0 Å². The Morgan fingerprint density at radius 3 is 1.60 bits per heavy atom. The quantitative estimate of drug-likeness (QED) is 0.210. The van der Waals surface area contributed by atoms with Gasteiger partial charge in [0.1, 0.15) is 0 Å². The van der Waals surface area contributed by atoms with Crippen LogP contribution in [0.2, 0.25) is 0 Å². The average Bonchev–Trinajstić information content (AvgIpc) is 0.918. The molecule has 0 saturated heterocycles. The zero-order valence-corrected chi connectivity index (χ0v) is 7.00. The first-order valence-corrected chi connectivity index (χ1v) is 0.836. The Balaban J connectivity index is -0.0000000200. The molecular weight excluding hydrogens is 111 g/mol. The largest absolute Gasteiger partial charge is 1.00 e. The summed E-state index contributed by atoms with van der Waals surface area (Å²) in [7, 11) is 0. The fourth-order valence-corrected chi connectivity index (χ4v) is 0. The topological polar surface area (TPSA) is 58.8 Å². The molecular formula is CH3KN2S. The van der Waals surface area contributed by atoms with Crippen LogP contribution in [0.5, 0.6) is 0 Å². The summed E-state index contributed by atoms with van der Waals surface area (Å²) in [5, 5.41) is 8.47. The number of hydrogen-bond acceptors (Lipinski definition) is 3. The molecule has 0 unspecified atom stereocenters. The first-order valence-electron chi connectivity index (χ1n) is 0.428. The summed E-state index contributed by atoms with van der Waals surface area (Å²) in [6.45, 7) is 0. The van der Waals surface area contributed by atoms with E-state index < -0.39 is 0 Å². The maximum atomic E-state index is 7.13. The molecule has 0 fully saturated rings. The van der Waals surface area contributed by atoms with Gasteiger partial charge < -0.3 is 18.8 Å². The Hall–Kier alpha value is 1.31. The van der Waals surface area contributed by atoms with Crippen molar-refractivity contribution >= 4 is 12.6 Å². The van der Waals surface area contributed by atoms with Crippen molar-refractivity contribution in [1.82, 2.24) is 6.15 Å². The molecule has 3 N–H and O–H groups in total. The number of rotatable bonds is 0. The molecule has 0 atom stereocenters. The van der Waals surface area contributed by atoms with Crippen LogP contribution in [-0.2, 0) is 12.6 Å². The van der Waals surface area contributed by atoms with Crippen LogP contribution in [0.4, 0.5) is 0 Å². The third-order valence-corrected chi connectivity index (χ3v) is 0. The maximum absolute atomic E-state index is 7.13. The van der Waals surface area contributed by atoms with Crippen LogP contribution in [0.25, 0.3) is 0 Å². The van der Waals surface area contributed by atoms with Gasteiger partial charge in [-0.15, -0.1) is 0 Å². The molecule has 0 aliphatic rings. The molecule has 0 aromatic carbocycles. The van der Waals surface area contributed by atoms with Crippen LogP contribution in [0.1, 0.15) is 0 Å². The Morgan fingerprint density at radius 1 is 1.60 bits per heavy atom. The van der Waals surface area contributed by atoms with Crippen molar-refractivity contribution in [2.45, 2.75) is 0 Å². The van der Waals surface area contributed by atoms with Crippen molar-refractivity contribution < 1.29 is 51.4 Å². The monoisotopic (exact) mass is 114 g/mol. The Kier molecular flexibility index (Phi) is 60.1. The molecule has 0 aromatic rings. The average molecular weight is 114 g/mol. The van der Waals surface area contributed by atoms with Crippen molar-refractivity contribution in [3.63, 3.8) is 0 Å². The summed E-state index contributed by atoms with van der Waals surface area (Å²) in [5.74, 6) is 0. The van der Waals surface area contributed by atoms with Gasteiger partial charge in [0.05, 0.1) is 0 Å². The predicted molar refractivity (Wildman–Crippen MR) is 18.0 cm³/mol. The van der Waals surface area contributed by atoms with Crippen LogP contribution in [0, 0.1) is 10.7 Å². The second kappa shape index (κ2) is 18.5. The fraction of sp³-hybridized carbons (Fsp3) is 0. The van der Waals surface area contributed by atoms with Gasteiger partial charge in [0.2, 0.25) is 0 Å². The fourth-order valence-electron chi connectivity index (χ4n) is 0. The standard InChI is InChI=1S/CHNS.K.H3N/c2-1-3;;/h3H;;1H3/q;+1;/p-1. The maximum Gasteiger partial charge on any atom is 1.00 e. The molecule has 4 heteroatoms. The van der Waals surface area contributed by atoms with E-state index >= 15 is 0 Å². The summed E-state index contributed by atoms with van der Waals surface area (Å²) >= 11 is 3.70. The molecule has 0 saturated carbocycles. The molecule has 0 aromatic heterocycles. The summed E-state index contributed by atoms with van der Waals surface area (Å²) in [6.07, 6.45) is 0. The van der Waals surface area contributed by atoms with E-state index in [-0.39, 0.29) is 57.5 Å². The molecule has 0 aliphatic heterocycles. The van der Waals surface area contributed by atoms with E-state index in [4.69, 9.17) is 5.26 Å². The number of thiocyanates is 1. The predicted octanol–water partition coefficient (Wildman–Crippen LogP) is -2.82. The van der Waals surface area contributed by atoms with E-state index in [0.29, 0.717) is 0 Å². The molecule has 0 heterocycles. The van der Waals surface area contributed by atoms with E-state index in [1.54, 1.807) is 0 Å². The van der Waals surface area contributed by atoms with Crippen LogP contribution in [0.15, 0.2) is 0 Å². The van der Waals surface area contributed by atoms with Crippen LogP contribution in [0.3, 0.4) is 0 Å². The van der Waals surface area contributed by atoms with Gasteiger partial charge in [-0.3, -0.25) is 0 Å². The first kappa shape index (κ1) is 16.2. The van der Waals surface area contributed by atoms with E-state index in [1.807, 2.05) is 0 Å². The van der Waals surface area contributed by atoms with Gasteiger partial charge >= 0.3 is 51.4 Å². The number of nitriles is 1. The normalized spacial score (nSPS) is 1.40. The number of hydrogen-bond donors (Lipinski definition) is 1. The van der Waals surface area contributed by atoms with E-state index in [1.165, 1.54) is 5.40 Å². The van der Waals surface area contributed by atoms with Crippen molar-refractivity contribution in [3.8, 4) is 5.40 Å². The van der Waals surface area contributed by atoms with Gasteiger partial charge in [-0.25, -0.2) is 5.26 Å². The van der Waals surface area contributed by atoms with Gasteiger partial charge in [0, 0.05) is 0 Å². The van der Waals surface area contributed by atoms with Gasteiger partial charge in [0.25, 0.3) is 0 Å². The van der Waals surface area contributed by atoms with Gasteiger partial charge in [-0.1, -0.05) is 5.40 Å². The Labute approximate surface area is 79.3 Å². The van der Waals surface area contributed by atoms with E-state index in [9.17, 15) is 0 Å². The molecule has 0 aliphatic carbocycles. The van der Waals surface area contributed by atoms with Gasteiger partial charge in [-0.2, -0.15) is 0 Å². The van der Waals surface area contributed by atoms with E-state index in [2.05, 4.69) is 12.6 Å². The van der Waals surface area contributed by atoms with Crippen molar-refractivity contribution in [1.29, 1.82) is 5.26 Å². The summed E-state index contributed by atoms with van der Waals surface area (Å²) in [4.78, 5) is 0. The van der Waals surface area contributed by atoms with Crippen molar-refractivity contribution in [2.75, 3.05) is 0 Å². The molecule has 5 heavy (non-hydrogen) atoms. The van der Waals surface area contributed by atoms with E-state index in [0.717, 1.165) is 0 Å². The molecule has 0 spiro atoms. The number of nitrogens with zero attached hydrogens (tertiary/aromatic N) is 1. The zero-order chi connectivity index (χ0) is 2.71. The third kappa shape index (κ3) is 34.0. The van der Waals surface area contributed by atoms with Crippen LogP contribution in [-0.4, -0.2) is 0 Å². The minimum atomic E-state index is 0. The minimum absolute atomic E-state index is 0. The molecule has 0 bridgehead atoms. The third-order valence-electron chi connectivity index (χ3n) is 0. The van der Waals surface area contributed by atoms with Gasteiger partial charge in [-0.05, 0) is 0 Å². The zero-order valence-electron chi connectivity index (χ0n) is 3.06. The smallest absolute Gasteiger partial charge is 0.696 e. The van der Waals surface area contributed by atoms with Gasteiger partial charge in [0.15, 0.2) is 0 Å². The summed E-state index contributed by atoms with van der Waals surface area (Å²) < 4.78 is 0. The minimum Gasteiger partial charge on any atom is -0.696 e. The molecule has 2 nitrogen and oxygen atoms in total. The molecule has 0 radical (unpaired) electrons. The first-order chi connectivity index (χ1) is 1.41. The summed E-state index contributed by atoms with van der Waals surface area (Å²) in [5.41, 5.74) is 0. The Bertz CT molecular complexity index is 31.1. The molecule has 24 valence electrons. The van der Waals surface area contributed by atoms with Crippen LogP contribution >= 0.6 is 0 Å². The Morgan fingerprint density at radius 2 is 1.60 bits per heavy atom. The molecule has 0 amide bonds. The molecule has 0 rings (SSSR count). The second-order valence-electron chi connectivity index (χ2n) is 0.0913. The SMILES string of the molecule is N.N#C[S-].[K+]. The van der Waals surface area contributed by atoms with Crippen molar-refractivity contribution in [3.05, 3.63) is 0 Å².